The van der Waals surface area contributed by atoms with Crippen LogP contribution in [0, 0.1) is 0 Å². The molecule has 0 aromatic heterocycles. The molecule has 4 rings (SSSR count). The lowest BCUT2D eigenvalue weighted by molar-refractivity contribution is -0.128. The molecule has 4 N–H and O–H groups in total. The number of carbonyl (C=O) groups excluding carboxylic acids is 4. The maximum Gasteiger partial charge on any atom is 0.337 e. The average Bonchev–Trinajstić information content (AvgIpc) is 3.13. The first kappa shape index (κ1) is 33.3. The number of nitrogens with one attached hydrogen (secondary N) is 2. The van der Waals surface area contributed by atoms with E-state index in [-0.39, 0.29) is 49.6 Å². The number of ether oxygens (including phenoxy) is 2. The van der Waals surface area contributed by atoms with Gasteiger partial charge in [0.1, 0.15) is 11.8 Å². The Morgan fingerprint density at radius 2 is 1.79 bits per heavy atom. The van der Waals surface area contributed by atoms with Crippen molar-refractivity contribution in [2.75, 3.05) is 44.2 Å². The summed E-state index contributed by atoms with van der Waals surface area (Å²) in [5.41, 5.74) is 7.84. The molecule has 230 valence electrons. The second-order valence-electron chi connectivity index (χ2n) is 10.1. The Morgan fingerprint density at radius 3 is 2.44 bits per heavy atom. The predicted molar refractivity (Wildman–Crippen MR) is 168 cm³/mol. The summed E-state index contributed by atoms with van der Waals surface area (Å²) in [5.74, 6) is -0.850. The second-order valence-corrected chi connectivity index (χ2v) is 10.1. The van der Waals surface area contributed by atoms with Gasteiger partial charge in [-0.15, -0.1) is 12.4 Å². The van der Waals surface area contributed by atoms with Gasteiger partial charge in [-0.05, 0) is 68.0 Å². The maximum absolute atomic E-state index is 14.3. The number of anilines is 2. The van der Waals surface area contributed by atoms with Crippen LogP contribution in [0.5, 0.6) is 5.75 Å². The minimum Gasteiger partial charge on any atom is -0.496 e. The molecule has 11 nitrogen and oxygen atoms in total. The van der Waals surface area contributed by atoms with Crippen molar-refractivity contribution in [3.63, 3.8) is 0 Å². The van der Waals surface area contributed by atoms with Gasteiger partial charge in [0.05, 0.1) is 50.3 Å². The highest BCUT2D eigenvalue weighted by Gasteiger charge is 2.37. The lowest BCUT2D eigenvalue weighted by Gasteiger charge is -2.27. The van der Waals surface area contributed by atoms with E-state index in [0.717, 1.165) is 10.8 Å². The van der Waals surface area contributed by atoms with E-state index < -0.39 is 18.1 Å². The van der Waals surface area contributed by atoms with Crippen LogP contribution in [0.4, 0.5) is 11.4 Å². The standard InChI is InChI=1S/C31H37N5O6.ClH/c1-19(33-2)29(38)34-24-18-35(28(37)10-7-15-32)25-8-5-6-9-26(25)36(30(24)39)17-23-22-13-11-21(31(40)42-4)16-20(22)12-14-27(23)41-3;/h5-6,8-9,11-14,16,19,24,33H,7,10,15,17-18,32H2,1-4H3,(H,34,38);1H/t19-,24-;/m0./s1. The van der Waals surface area contributed by atoms with Gasteiger partial charge in [-0.3, -0.25) is 14.4 Å². The van der Waals surface area contributed by atoms with Crippen LogP contribution in [-0.2, 0) is 25.7 Å². The molecule has 43 heavy (non-hydrogen) atoms. The maximum atomic E-state index is 14.3. The third-order valence-electron chi connectivity index (χ3n) is 7.48. The monoisotopic (exact) mass is 611 g/mol. The number of benzene rings is 3. The van der Waals surface area contributed by atoms with E-state index in [2.05, 4.69) is 10.6 Å². The van der Waals surface area contributed by atoms with Crippen LogP contribution < -0.4 is 30.9 Å². The Kier molecular flexibility index (Phi) is 11.5. The molecule has 3 amide bonds. The van der Waals surface area contributed by atoms with Gasteiger partial charge in [-0.2, -0.15) is 0 Å². The summed E-state index contributed by atoms with van der Waals surface area (Å²) in [5, 5.41) is 7.27. The Bertz CT molecular complexity index is 1500. The molecule has 0 bridgehead atoms. The van der Waals surface area contributed by atoms with Crippen molar-refractivity contribution >= 4 is 58.2 Å². The average molecular weight is 612 g/mol. The molecule has 1 aliphatic rings. The van der Waals surface area contributed by atoms with Crippen molar-refractivity contribution in [2.45, 2.75) is 38.4 Å². The number of rotatable bonds is 10. The summed E-state index contributed by atoms with van der Waals surface area (Å²) in [6.45, 7) is 2.08. The summed E-state index contributed by atoms with van der Waals surface area (Å²) in [7, 11) is 4.53. The first-order valence-electron chi connectivity index (χ1n) is 13.8. The van der Waals surface area contributed by atoms with E-state index in [4.69, 9.17) is 15.2 Å². The molecule has 0 saturated heterocycles. The minimum absolute atomic E-state index is 0. The van der Waals surface area contributed by atoms with Crippen molar-refractivity contribution in [3.8, 4) is 5.75 Å². The Labute approximate surface area is 257 Å². The quantitative estimate of drug-likeness (QED) is 0.297. The Balaban J connectivity index is 0.00000506. The van der Waals surface area contributed by atoms with Crippen molar-refractivity contribution in [3.05, 3.63) is 65.7 Å². The Morgan fingerprint density at radius 1 is 1.07 bits per heavy atom. The number of nitrogens with two attached hydrogens (primary N) is 1. The fourth-order valence-electron chi connectivity index (χ4n) is 5.04. The van der Waals surface area contributed by atoms with Crippen LogP contribution in [0.2, 0.25) is 0 Å². The first-order chi connectivity index (χ1) is 20.2. The van der Waals surface area contributed by atoms with Crippen LogP contribution in [0.25, 0.3) is 10.8 Å². The van der Waals surface area contributed by atoms with E-state index in [9.17, 15) is 19.2 Å². The number of nitrogens with zero attached hydrogens (tertiary/aromatic N) is 2. The van der Waals surface area contributed by atoms with Crippen LogP contribution in [-0.4, -0.2) is 70.1 Å². The molecule has 0 spiro atoms. The Hall–Kier alpha value is -4.19. The number of halogens is 1. The zero-order chi connectivity index (χ0) is 30.4. The summed E-state index contributed by atoms with van der Waals surface area (Å²) in [4.78, 5) is 56.0. The van der Waals surface area contributed by atoms with E-state index >= 15 is 0 Å². The van der Waals surface area contributed by atoms with E-state index in [0.29, 0.717) is 41.2 Å². The number of hydrogen-bond donors (Lipinski definition) is 3. The molecule has 3 aromatic rings. The lowest BCUT2D eigenvalue weighted by atomic mass is 10.00. The van der Waals surface area contributed by atoms with Crippen LogP contribution in [0.15, 0.2) is 54.6 Å². The normalized spacial score (nSPS) is 15.2. The van der Waals surface area contributed by atoms with E-state index in [1.165, 1.54) is 7.11 Å². The zero-order valence-electron chi connectivity index (χ0n) is 24.7. The summed E-state index contributed by atoms with van der Waals surface area (Å²) < 4.78 is 10.6. The SMILES string of the molecule is CN[C@@H](C)C(=O)N[C@H]1CN(C(=O)CCCN)c2ccccc2N(Cc2c(OC)ccc3cc(C(=O)OC)ccc23)C1=O.Cl. The third kappa shape index (κ3) is 7.07. The molecule has 0 aliphatic carbocycles. The van der Waals surface area contributed by atoms with Gasteiger partial charge in [-0.1, -0.05) is 24.3 Å². The zero-order valence-corrected chi connectivity index (χ0v) is 25.5. The topological polar surface area (TPSA) is 143 Å². The highest BCUT2D eigenvalue weighted by Crippen LogP contribution is 2.37. The number of hydrogen-bond acceptors (Lipinski definition) is 8. The molecule has 0 saturated carbocycles. The molecule has 0 fully saturated rings. The van der Waals surface area contributed by atoms with Crippen molar-refractivity contribution in [1.82, 2.24) is 10.6 Å². The number of carbonyl (C=O) groups is 4. The fraction of sp³-hybridized carbons (Fsp3) is 0.355. The molecule has 1 heterocycles. The van der Waals surface area contributed by atoms with Gasteiger partial charge < -0.3 is 35.6 Å². The molecule has 0 unspecified atom stereocenters. The number of methoxy groups -OCH3 is 2. The van der Waals surface area contributed by atoms with Gasteiger partial charge >= 0.3 is 5.97 Å². The molecule has 2 atom stereocenters. The molecule has 1 aliphatic heterocycles. The number of para-hydroxylation sites is 2. The molecular formula is C31H38ClN5O6. The smallest absolute Gasteiger partial charge is 0.337 e. The molecule has 0 radical (unpaired) electrons. The molecular weight excluding hydrogens is 574 g/mol. The first-order valence-corrected chi connectivity index (χ1v) is 13.8. The highest BCUT2D eigenvalue weighted by molar-refractivity contribution is 6.08. The summed E-state index contributed by atoms with van der Waals surface area (Å²) in [6.07, 6.45) is 0.691. The van der Waals surface area contributed by atoms with Crippen LogP contribution in [0.1, 0.15) is 35.7 Å². The summed E-state index contributed by atoms with van der Waals surface area (Å²) >= 11 is 0. The van der Waals surface area contributed by atoms with Gasteiger partial charge in [-0.25, -0.2) is 4.79 Å². The fourth-order valence-corrected chi connectivity index (χ4v) is 5.04. The van der Waals surface area contributed by atoms with Crippen LogP contribution >= 0.6 is 12.4 Å². The number of fused-ring (bicyclic) bond motifs is 2. The van der Waals surface area contributed by atoms with Gasteiger partial charge in [0.2, 0.25) is 11.8 Å². The van der Waals surface area contributed by atoms with Crippen molar-refractivity contribution < 1.29 is 28.7 Å². The summed E-state index contributed by atoms with van der Waals surface area (Å²) in [6, 6.07) is 14.4. The second kappa shape index (κ2) is 14.8. The van der Waals surface area contributed by atoms with Crippen molar-refractivity contribution in [1.29, 1.82) is 0 Å². The number of amides is 3. The largest absolute Gasteiger partial charge is 0.496 e. The molecule has 12 heteroatoms. The third-order valence-corrected chi connectivity index (χ3v) is 7.48. The van der Waals surface area contributed by atoms with Crippen LogP contribution in [0.3, 0.4) is 0 Å². The number of likely N-dealkylation sites (N-methyl/N-ethyl adjacent to an activating group) is 1. The minimum atomic E-state index is -1.02. The van der Waals surface area contributed by atoms with Gasteiger partial charge in [0.25, 0.3) is 5.91 Å². The molecule has 3 aromatic carbocycles. The van der Waals surface area contributed by atoms with E-state index in [1.54, 1.807) is 79.4 Å². The number of esters is 1. The highest BCUT2D eigenvalue weighted by atomic mass is 35.5. The van der Waals surface area contributed by atoms with Crippen molar-refractivity contribution in [2.24, 2.45) is 5.73 Å². The van der Waals surface area contributed by atoms with Gasteiger partial charge in [0, 0.05) is 12.0 Å². The lowest BCUT2D eigenvalue weighted by Crippen LogP contribution is -2.55. The van der Waals surface area contributed by atoms with Gasteiger partial charge in [0.15, 0.2) is 0 Å². The van der Waals surface area contributed by atoms with E-state index in [1.807, 2.05) is 6.07 Å². The predicted octanol–water partition coefficient (Wildman–Crippen LogP) is 2.77.